The molecule has 5 heteroatoms. The van der Waals surface area contributed by atoms with Crippen molar-refractivity contribution >= 4 is 16.7 Å². The molecule has 0 heterocycles. The average molecular weight is 218 g/mol. The van der Waals surface area contributed by atoms with Crippen molar-refractivity contribution in [1.82, 2.24) is 5.32 Å². The topological polar surface area (TPSA) is 72.2 Å². The lowest BCUT2D eigenvalue weighted by atomic mass is 10.1. The van der Waals surface area contributed by atoms with Gasteiger partial charge in [0.15, 0.2) is 0 Å². The van der Waals surface area contributed by atoms with Gasteiger partial charge in [0.05, 0.1) is 5.41 Å². The summed E-state index contributed by atoms with van der Waals surface area (Å²) in [6, 6.07) is 0. The van der Waals surface area contributed by atoms with E-state index >= 15 is 0 Å². The lowest BCUT2D eigenvalue weighted by Gasteiger charge is -2.12. The summed E-state index contributed by atoms with van der Waals surface area (Å²) in [5, 5.41) is 2.79. The number of nitrogens with one attached hydrogen (secondary N) is 1. The van der Waals surface area contributed by atoms with Gasteiger partial charge in [0.1, 0.15) is 0 Å². The number of hydrogen-bond acceptors (Lipinski definition) is 3. The summed E-state index contributed by atoms with van der Waals surface area (Å²) in [7, 11) is -0.798. The van der Waals surface area contributed by atoms with Crippen LogP contribution in [0.1, 0.15) is 19.8 Å². The third-order valence-corrected chi connectivity index (χ3v) is 3.97. The van der Waals surface area contributed by atoms with Crippen LogP contribution in [0.25, 0.3) is 0 Å². The van der Waals surface area contributed by atoms with Gasteiger partial charge < -0.3 is 11.1 Å². The van der Waals surface area contributed by atoms with Gasteiger partial charge in [0.2, 0.25) is 5.91 Å². The first-order valence-corrected chi connectivity index (χ1v) is 6.47. The highest BCUT2D eigenvalue weighted by molar-refractivity contribution is 7.84. The Kier molecular flexibility index (Phi) is 4.07. The monoisotopic (exact) mass is 218 g/mol. The van der Waals surface area contributed by atoms with Crippen molar-refractivity contribution in [3.8, 4) is 0 Å². The highest BCUT2D eigenvalue weighted by Gasteiger charge is 2.48. The van der Waals surface area contributed by atoms with Gasteiger partial charge in [-0.3, -0.25) is 9.00 Å². The molecule has 82 valence electrons. The molecule has 0 aromatic carbocycles. The Morgan fingerprint density at radius 1 is 1.57 bits per heavy atom. The van der Waals surface area contributed by atoms with Crippen LogP contribution in [0.2, 0.25) is 0 Å². The molecule has 1 aliphatic rings. The van der Waals surface area contributed by atoms with Crippen LogP contribution in [0.5, 0.6) is 0 Å². The van der Waals surface area contributed by atoms with E-state index < -0.39 is 10.8 Å². The quantitative estimate of drug-likeness (QED) is 0.638. The summed E-state index contributed by atoms with van der Waals surface area (Å²) in [5.74, 6) is 1.23. The van der Waals surface area contributed by atoms with E-state index in [9.17, 15) is 9.00 Å². The molecular formula is C9H18N2O2S. The van der Waals surface area contributed by atoms with Crippen molar-refractivity contribution in [1.29, 1.82) is 0 Å². The molecule has 1 amide bonds. The maximum Gasteiger partial charge on any atom is 0.227 e. The van der Waals surface area contributed by atoms with Gasteiger partial charge in [-0.25, -0.2) is 0 Å². The zero-order valence-electron chi connectivity index (χ0n) is 8.54. The third kappa shape index (κ3) is 2.78. The lowest BCUT2D eigenvalue weighted by Crippen LogP contribution is -2.38. The maximum atomic E-state index is 11.5. The Hall–Kier alpha value is -0.420. The van der Waals surface area contributed by atoms with Gasteiger partial charge in [-0.05, 0) is 12.8 Å². The van der Waals surface area contributed by atoms with Crippen LogP contribution in [0, 0.1) is 5.41 Å². The summed E-state index contributed by atoms with van der Waals surface area (Å²) >= 11 is 0. The fourth-order valence-electron chi connectivity index (χ4n) is 1.29. The minimum Gasteiger partial charge on any atom is -0.355 e. The molecule has 14 heavy (non-hydrogen) atoms. The van der Waals surface area contributed by atoms with E-state index in [1.54, 1.807) is 0 Å². The molecule has 0 aromatic rings. The molecule has 1 unspecified atom stereocenters. The molecule has 0 aromatic heterocycles. The summed E-state index contributed by atoms with van der Waals surface area (Å²) in [4.78, 5) is 11.5. The second kappa shape index (κ2) is 4.89. The Balaban J connectivity index is 2.19. The SMILES string of the molecule is CCS(=O)CCNC(=O)C1(CN)CC1. The van der Waals surface area contributed by atoms with E-state index in [0.717, 1.165) is 12.8 Å². The van der Waals surface area contributed by atoms with Crippen LogP contribution in [-0.2, 0) is 15.6 Å². The van der Waals surface area contributed by atoms with E-state index in [1.165, 1.54) is 0 Å². The van der Waals surface area contributed by atoms with Gasteiger partial charge in [0, 0.05) is 35.4 Å². The van der Waals surface area contributed by atoms with Gasteiger partial charge >= 0.3 is 0 Å². The number of carbonyl (C=O) groups is 1. The van der Waals surface area contributed by atoms with E-state index in [-0.39, 0.29) is 11.3 Å². The van der Waals surface area contributed by atoms with Gasteiger partial charge in [-0.1, -0.05) is 6.92 Å². The molecule has 4 nitrogen and oxygen atoms in total. The van der Waals surface area contributed by atoms with E-state index in [1.807, 2.05) is 6.92 Å². The minimum absolute atomic E-state index is 0.0353. The predicted molar refractivity (Wildman–Crippen MR) is 57.3 cm³/mol. The third-order valence-electron chi connectivity index (χ3n) is 2.66. The number of hydrogen-bond donors (Lipinski definition) is 2. The molecule has 3 N–H and O–H groups in total. The summed E-state index contributed by atoms with van der Waals surface area (Å²) in [6.45, 7) is 2.80. The molecule has 0 saturated heterocycles. The molecule has 0 aliphatic heterocycles. The molecule has 1 rings (SSSR count). The highest BCUT2D eigenvalue weighted by atomic mass is 32.2. The normalized spacial score (nSPS) is 20.1. The second-order valence-corrected chi connectivity index (χ2v) is 5.54. The molecule has 1 fully saturated rings. The van der Waals surface area contributed by atoms with Gasteiger partial charge in [-0.2, -0.15) is 0 Å². The van der Waals surface area contributed by atoms with Crippen LogP contribution in [0.15, 0.2) is 0 Å². The summed E-state index contributed by atoms with van der Waals surface area (Å²) in [6.07, 6.45) is 1.79. The smallest absolute Gasteiger partial charge is 0.227 e. The van der Waals surface area contributed by atoms with Crippen molar-refractivity contribution in [2.75, 3.05) is 24.6 Å². The zero-order valence-corrected chi connectivity index (χ0v) is 9.36. The fraction of sp³-hybridized carbons (Fsp3) is 0.889. The van der Waals surface area contributed by atoms with Crippen LogP contribution < -0.4 is 11.1 Å². The molecular weight excluding hydrogens is 200 g/mol. The second-order valence-electron chi connectivity index (χ2n) is 3.67. The lowest BCUT2D eigenvalue weighted by molar-refractivity contribution is -0.125. The zero-order chi connectivity index (χ0) is 10.6. The standard InChI is InChI=1S/C9H18N2O2S/c1-2-14(13)6-5-11-8(12)9(7-10)3-4-9/h2-7,10H2,1H3,(H,11,12). The maximum absolute atomic E-state index is 11.5. The van der Waals surface area contributed by atoms with Crippen molar-refractivity contribution < 1.29 is 9.00 Å². The Bertz CT molecular complexity index is 239. The van der Waals surface area contributed by atoms with Crippen LogP contribution in [0.3, 0.4) is 0 Å². The van der Waals surface area contributed by atoms with Crippen LogP contribution in [-0.4, -0.2) is 34.7 Å². The number of carbonyl (C=O) groups excluding carboxylic acids is 1. The number of amides is 1. The predicted octanol–water partition coefficient (Wildman–Crippen LogP) is -0.390. The molecule has 1 saturated carbocycles. The van der Waals surface area contributed by atoms with Gasteiger partial charge in [0.25, 0.3) is 0 Å². The number of rotatable bonds is 6. The summed E-state index contributed by atoms with van der Waals surface area (Å²) < 4.78 is 11.1. The van der Waals surface area contributed by atoms with Crippen LogP contribution in [0.4, 0.5) is 0 Å². The summed E-state index contributed by atoms with van der Waals surface area (Å²) in [5.41, 5.74) is 5.22. The minimum atomic E-state index is -0.798. The van der Waals surface area contributed by atoms with Gasteiger partial charge in [-0.15, -0.1) is 0 Å². The van der Waals surface area contributed by atoms with E-state index in [0.29, 0.717) is 24.6 Å². The van der Waals surface area contributed by atoms with Crippen molar-refractivity contribution in [3.05, 3.63) is 0 Å². The molecule has 1 aliphatic carbocycles. The average Bonchev–Trinajstić information content (AvgIpc) is 2.98. The number of nitrogens with two attached hydrogens (primary N) is 1. The fourth-order valence-corrected chi connectivity index (χ4v) is 1.90. The Morgan fingerprint density at radius 2 is 2.21 bits per heavy atom. The highest BCUT2D eigenvalue weighted by Crippen LogP contribution is 2.44. The van der Waals surface area contributed by atoms with Crippen molar-refractivity contribution in [2.24, 2.45) is 11.1 Å². The largest absolute Gasteiger partial charge is 0.355 e. The van der Waals surface area contributed by atoms with Crippen molar-refractivity contribution in [2.45, 2.75) is 19.8 Å². The Labute approximate surface area is 87.1 Å². The Morgan fingerprint density at radius 3 is 2.64 bits per heavy atom. The first kappa shape index (κ1) is 11.7. The molecule has 0 spiro atoms. The van der Waals surface area contributed by atoms with Crippen LogP contribution >= 0.6 is 0 Å². The molecule has 1 atom stereocenters. The molecule has 0 radical (unpaired) electrons. The first-order valence-electron chi connectivity index (χ1n) is 4.98. The first-order chi connectivity index (χ1) is 6.64. The molecule has 0 bridgehead atoms. The van der Waals surface area contributed by atoms with Crippen molar-refractivity contribution in [3.63, 3.8) is 0 Å². The van der Waals surface area contributed by atoms with E-state index in [4.69, 9.17) is 5.73 Å². The van der Waals surface area contributed by atoms with E-state index in [2.05, 4.69) is 5.32 Å².